The maximum atomic E-state index is 11.7. The van der Waals surface area contributed by atoms with Crippen LogP contribution in [0.3, 0.4) is 0 Å². The molecule has 0 heterocycles. The first-order chi connectivity index (χ1) is 7.86. The second kappa shape index (κ2) is 5.08. The molecule has 0 radical (unpaired) electrons. The highest BCUT2D eigenvalue weighted by Crippen LogP contribution is 2.34. The van der Waals surface area contributed by atoms with E-state index in [4.69, 9.17) is 0 Å². The fraction of sp³-hybridized carbons (Fsp3) is 0.462. The summed E-state index contributed by atoms with van der Waals surface area (Å²) in [5.41, 5.74) is 1.40. The van der Waals surface area contributed by atoms with Crippen LogP contribution < -0.4 is 0 Å². The number of Topliss-reactive ketones (excluding diaryl/α,β-unsaturated/α-hetero) is 1. The fourth-order valence-electron chi connectivity index (χ4n) is 2.23. The van der Waals surface area contributed by atoms with Crippen LogP contribution in [0.2, 0.25) is 0 Å². The summed E-state index contributed by atoms with van der Waals surface area (Å²) in [7, 11) is 0. The standard InChI is InChI=1S/C13H17NO3/c1-8(2)12(10(4)15)13-9(3)6-5-7-11(13)14(16)17/h5-8,12H,1-4H3. The summed E-state index contributed by atoms with van der Waals surface area (Å²) in [6.45, 7) is 7.10. The number of benzene rings is 1. The Morgan fingerprint density at radius 1 is 1.35 bits per heavy atom. The Bertz CT molecular complexity index is 452. The normalized spacial score (nSPS) is 12.5. The van der Waals surface area contributed by atoms with Crippen LogP contribution in [0.25, 0.3) is 0 Å². The molecule has 0 aliphatic heterocycles. The average molecular weight is 235 g/mol. The molecule has 1 unspecified atom stereocenters. The number of nitrogens with zero attached hydrogens (tertiary/aromatic N) is 1. The maximum Gasteiger partial charge on any atom is 0.273 e. The molecule has 0 saturated heterocycles. The number of nitro groups is 1. The van der Waals surface area contributed by atoms with Crippen LogP contribution in [0.4, 0.5) is 5.69 Å². The van der Waals surface area contributed by atoms with Crippen LogP contribution >= 0.6 is 0 Å². The van der Waals surface area contributed by atoms with Crippen LogP contribution in [0, 0.1) is 23.0 Å². The van der Waals surface area contributed by atoms with Crippen molar-refractivity contribution in [3.8, 4) is 0 Å². The molecule has 0 spiro atoms. The zero-order valence-electron chi connectivity index (χ0n) is 10.6. The van der Waals surface area contributed by atoms with Crippen LogP contribution in [0.1, 0.15) is 37.8 Å². The summed E-state index contributed by atoms with van der Waals surface area (Å²) in [4.78, 5) is 22.3. The van der Waals surface area contributed by atoms with Crippen molar-refractivity contribution in [3.05, 3.63) is 39.4 Å². The molecule has 92 valence electrons. The van der Waals surface area contributed by atoms with Gasteiger partial charge in [0.1, 0.15) is 5.78 Å². The number of ketones is 1. The van der Waals surface area contributed by atoms with E-state index in [1.807, 2.05) is 13.8 Å². The number of rotatable bonds is 4. The summed E-state index contributed by atoms with van der Waals surface area (Å²) in [6, 6.07) is 4.91. The van der Waals surface area contributed by atoms with E-state index in [2.05, 4.69) is 0 Å². The number of hydrogen-bond acceptors (Lipinski definition) is 3. The van der Waals surface area contributed by atoms with Gasteiger partial charge in [-0.25, -0.2) is 0 Å². The van der Waals surface area contributed by atoms with Gasteiger partial charge in [-0.1, -0.05) is 26.0 Å². The minimum atomic E-state index is -0.416. The van der Waals surface area contributed by atoms with Crippen molar-refractivity contribution in [2.45, 2.75) is 33.6 Å². The third-order valence-corrected chi connectivity index (χ3v) is 2.91. The highest BCUT2D eigenvalue weighted by molar-refractivity contribution is 5.85. The predicted molar refractivity (Wildman–Crippen MR) is 66.1 cm³/mol. The van der Waals surface area contributed by atoms with Gasteiger partial charge in [-0.3, -0.25) is 14.9 Å². The van der Waals surface area contributed by atoms with Gasteiger partial charge >= 0.3 is 0 Å². The Balaban J connectivity index is 3.46. The van der Waals surface area contributed by atoms with Crippen molar-refractivity contribution < 1.29 is 9.72 Å². The largest absolute Gasteiger partial charge is 0.299 e. The second-order valence-corrected chi connectivity index (χ2v) is 4.60. The van der Waals surface area contributed by atoms with Crippen molar-refractivity contribution in [1.82, 2.24) is 0 Å². The highest BCUT2D eigenvalue weighted by Gasteiger charge is 2.29. The predicted octanol–water partition coefficient (Wildman–Crippen LogP) is 3.23. The summed E-state index contributed by atoms with van der Waals surface area (Å²) in [6.07, 6.45) is 0. The van der Waals surface area contributed by atoms with Crippen molar-refractivity contribution in [1.29, 1.82) is 0 Å². The zero-order valence-corrected chi connectivity index (χ0v) is 10.6. The molecule has 1 aromatic rings. The topological polar surface area (TPSA) is 60.2 Å². The molecule has 1 aromatic carbocycles. The SMILES string of the molecule is CC(=O)C(c1c(C)cccc1[N+](=O)[O-])C(C)C. The van der Waals surface area contributed by atoms with Crippen LogP contribution in [-0.2, 0) is 4.79 Å². The van der Waals surface area contributed by atoms with Crippen molar-refractivity contribution in [2.24, 2.45) is 5.92 Å². The minimum Gasteiger partial charge on any atom is -0.299 e. The van der Waals surface area contributed by atoms with E-state index in [1.54, 1.807) is 19.1 Å². The van der Waals surface area contributed by atoms with Gasteiger partial charge in [0, 0.05) is 11.6 Å². The monoisotopic (exact) mass is 235 g/mol. The smallest absolute Gasteiger partial charge is 0.273 e. The van der Waals surface area contributed by atoms with E-state index in [9.17, 15) is 14.9 Å². The molecule has 1 rings (SSSR count). The number of carbonyl (C=O) groups is 1. The van der Waals surface area contributed by atoms with Crippen molar-refractivity contribution in [2.75, 3.05) is 0 Å². The average Bonchev–Trinajstić information content (AvgIpc) is 2.19. The molecule has 0 saturated carbocycles. The van der Waals surface area contributed by atoms with E-state index in [0.29, 0.717) is 5.56 Å². The lowest BCUT2D eigenvalue weighted by molar-refractivity contribution is -0.385. The third-order valence-electron chi connectivity index (χ3n) is 2.91. The van der Waals surface area contributed by atoms with Gasteiger partial charge in [-0.05, 0) is 25.3 Å². The Kier molecular flexibility index (Phi) is 3.99. The highest BCUT2D eigenvalue weighted by atomic mass is 16.6. The molecule has 0 N–H and O–H groups in total. The molecule has 0 aromatic heterocycles. The second-order valence-electron chi connectivity index (χ2n) is 4.60. The van der Waals surface area contributed by atoms with Gasteiger partial charge in [-0.2, -0.15) is 0 Å². The molecular weight excluding hydrogens is 218 g/mol. The lowest BCUT2D eigenvalue weighted by Crippen LogP contribution is -2.18. The number of aryl methyl sites for hydroxylation is 1. The molecule has 4 heteroatoms. The molecule has 0 bridgehead atoms. The molecular formula is C13H17NO3. The van der Waals surface area contributed by atoms with Gasteiger partial charge in [0.2, 0.25) is 0 Å². The van der Waals surface area contributed by atoms with Crippen molar-refractivity contribution >= 4 is 11.5 Å². The van der Waals surface area contributed by atoms with E-state index >= 15 is 0 Å². The molecule has 4 nitrogen and oxygen atoms in total. The molecule has 0 aliphatic rings. The summed E-state index contributed by atoms with van der Waals surface area (Å²) >= 11 is 0. The summed E-state index contributed by atoms with van der Waals surface area (Å²) < 4.78 is 0. The first-order valence-corrected chi connectivity index (χ1v) is 5.60. The van der Waals surface area contributed by atoms with Crippen molar-refractivity contribution in [3.63, 3.8) is 0 Å². The summed E-state index contributed by atoms with van der Waals surface area (Å²) in [5.74, 6) is -0.388. The summed E-state index contributed by atoms with van der Waals surface area (Å²) in [5, 5.41) is 11.0. The number of hydrogen-bond donors (Lipinski definition) is 0. The number of carbonyl (C=O) groups excluding carboxylic acids is 1. The molecule has 1 atom stereocenters. The zero-order chi connectivity index (χ0) is 13.2. The van der Waals surface area contributed by atoms with E-state index < -0.39 is 10.8 Å². The van der Waals surface area contributed by atoms with Crippen LogP contribution in [0.15, 0.2) is 18.2 Å². The maximum absolute atomic E-state index is 11.7. The van der Waals surface area contributed by atoms with Gasteiger partial charge in [0.15, 0.2) is 0 Å². The van der Waals surface area contributed by atoms with E-state index in [-0.39, 0.29) is 17.4 Å². The van der Waals surface area contributed by atoms with Crippen LogP contribution in [0.5, 0.6) is 0 Å². The minimum absolute atomic E-state index is 0.0302. The molecule has 0 fully saturated rings. The van der Waals surface area contributed by atoms with Gasteiger partial charge < -0.3 is 0 Å². The van der Waals surface area contributed by atoms with Crippen LogP contribution in [-0.4, -0.2) is 10.7 Å². The first-order valence-electron chi connectivity index (χ1n) is 5.60. The molecule has 17 heavy (non-hydrogen) atoms. The quantitative estimate of drug-likeness (QED) is 0.594. The Morgan fingerprint density at radius 2 is 1.94 bits per heavy atom. The lowest BCUT2D eigenvalue weighted by Gasteiger charge is -2.20. The Labute approximate surface area is 101 Å². The molecule has 0 aliphatic carbocycles. The Hall–Kier alpha value is -1.71. The Morgan fingerprint density at radius 3 is 2.35 bits per heavy atom. The van der Waals surface area contributed by atoms with Gasteiger partial charge in [0.05, 0.1) is 10.8 Å². The van der Waals surface area contributed by atoms with Gasteiger partial charge in [-0.15, -0.1) is 0 Å². The lowest BCUT2D eigenvalue weighted by atomic mass is 9.82. The number of nitro benzene ring substituents is 1. The van der Waals surface area contributed by atoms with E-state index in [1.165, 1.54) is 13.0 Å². The first kappa shape index (κ1) is 13.4. The van der Waals surface area contributed by atoms with Gasteiger partial charge in [0.25, 0.3) is 5.69 Å². The third kappa shape index (κ3) is 2.70. The van der Waals surface area contributed by atoms with E-state index in [0.717, 1.165) is 5.56 Å². The molecule has 0 amide bonds. The fourth-order valence-corrected chi connectivity index (χ4v) is 2.23.